The molecule has 0 aliphatic carbocycles. The summed E-state index contributed by atoms with van der Waals surface area (Å²) in [5, 5.41) is 15.0. The van der Waals surface area contributed by atoms with Gasteiger partial charge in [-0.3, -0.25) is 0 Å². The molecule has 0 fully saturated rings. The van der Waals surface area contributed by atoms with Crippen LogP contribution in [-0.4, -0.2) is 26.1 Å². The fourth-order valence-corrected chi connectivity index (χ4v) is 0. The van der Waals surface area contributed by atoms with Gasteiger partial charge in [0.05, 0.1) is 0 Å². The average Bonchev–Trinajstić information content (AvgIpc) is 1.87. The van der Waals surface area contributed by atoms with Gasteiger partial charge in [0, 0.05) is 5.57 Å². The minimum atomic E-state index is -4.59. The van der Waals surface area contributed by atoms with E-state index in [0.29, 0.717) is 0 Å². The van der Waals surface area contributed by atoms with E-state index >= 15 is 0 Å². The molecule has 0 rings (SSSR count). The van der Waals surface area contributed by atoms with E-state index in [4.69, 9.17) is 20.2 Å². The number of rotatable bonds is 2. The number of aliphatic carboxylic acids is 1. The summed E-state index contributed by atoms with van der Waals surface area (Å²) in [5.74, 6) is -0.935. The monoisotopic (exact) mass is 200 g/mol. The van der Waals surface area contributed by atoms with Gasteiger partial charge in [0.25, 0.3) is 0 Å². The van der Waals surface area contributed by atoms with Crippen LogP contribution >= 0.6 is 7.82 Å². The highest BCUT2D eigenvalue weighted by Gasteiger charge is 2.10. The molecule has 8 heteroatoms. The number of carboxylic acid groups (broad SMARTS) is 1. The second-order valence-corrected chi connectivity index (χ2v) is 2.80. The summed E-state index contributed by atoms with van der Waals surface area (Å²) in [5.41, 5.74) is 0.176. The fourth-order valence-electron chi connectivity index (χ4n) is 0. The molecule has 0 aliphatic rings. The zero-order valence-electron chi connectivity index (χ0n) is 6.17. The number of phosphoric acid groups is 1. The van der Waals surface area contributed by atoms with Crippen molar-refractivity contribution in [2.75, 3.05) is 0 Å². The lowest BCUT2D eigenvalue weighted by Gasteiger charge is -1.90. The first-order valence-corrected chi connectivity index (χ1v) is 4.01. The first-order chi connectivity index (χ1) is 5.20. The molecule has 0 bridgehead atoms. The van der Waals surface area contributed by atoms with E-state index in [1.54, 1.807) is 0 Å². The van der Waals surface area contributed by atoms with Crippen LogP contribution in [0.2, 0.25) is 0 Å². The fraction of sp³-hybridized carbons (Fsp3) is 0.250. The van der Waals surface area contributed by atoms with E-state index in [0.717, 1.165) is 0 Å². The maximum absolute atomic E-state index is 9.60. The van der Waals surface area contributed by atoms with Crippen LogP contribution in [0.3, 0.4) is 0 Å². The van der Waals surface area contributed by atoms with Crippen LogP contribution in [0.5, 0.6) is 0 Å². The predicted molar refractivity (Wildman–Crippen MR) is 38.2 cm³/mol. The molecule has 72 valence electrons. The van der Waals surface area contributed by atoms with E-state index in [-0.39, 0.29) is 5.57 Å². The topological polar surface area (TPSA) is 124 Å². The molecule has 0 unspecified atom stereocenters. The Labute approximate surface area is 68.1 Å². The summed E-state index contributed by atoms with van der Waals surface area (Å²) >= 11 is 0. The third kappa shape index (κ3) is 16.1. The lowest BCUT2D eigenvalue weighted by molar-refractivity contribution is -0.158. The maximum atomic E-state index is 9.60. The van der Waals surface area contributed by atoms with Crippen LogP contribution in [0.15, 0.2) is 12.2 Å². The zero-order chi connectivity index (χ0) is 10.4. The Morgan fingerprint density at radius 2 is 1.67 bits per heavy atom. The summed E-state index contributed by atoms with van der Waals surface area (Å²) in [4.78, 5) is 24.5. The van der Waals surface area contributed by atoms with E-state index in [1.807, 2.05) is 0 Å². The molecular weight excluding hydrogens is 191 g/mol. The van der Waals surface area contributed by atoms with E-state index in [2.05, 4.69) is 11.3 Å². The second-order valence-electron chi connectivity index (χ2n) is 1.66. The third-order valence-electron chi connectivity index (χ3n) is 0.471. The van der Waals surface area contributed by atoms with Gasteiger partial charge in [-0.15, -0.1) is 4.67 Å². The Kier molecular flexibility index (Phi) is 6.77. The summed E-state index contributed by atoms with van der Waals surface area (Å²) in [6.45, 7) is 4.60. The van der Waals surface area contributed by atoms with Crippen LogP contribution in [0.25, 0.3) is 0 Å². The van der Waals surface area contributed by atoms with Gasteiger partial charge >= 0.3 is 13.8 Å². The molecule has 0 aromatic rings. The molecule has 0 heterocycles. The van der Waals surface area contributed by atoms with Crippen molar-refractivity contribution in [3.8, 4) is 0 Å². The number of carboxylic acids is 1. The van der Waals surface area contributed by atoms with Crippen molar-refractivity contribution in [1.82, 2.24) is 0 Å². The van der Waals surface area contributed by atoms with Gasteiger partial charge in [-0.2, -0.15) is 0 Å². The molecule has 0 aromatic carbocycles. The molecule has 7 nitrogen and oxygen atoms in total. The maximum Gasteiger partial charge on any atom is 0.496 e. The molecule has 0 amide bonds. The van der Waals surface area contributed by atoms with Gasteiger partial charge in [-0.1, -0.05) is 6.58 Å². The lowest BCUT2D eigenvalue weighted by Crippen LogP contribution is -1.92. The largest absolute Gasteiger partial charge is 0.496 e. The highest BCUT2D eigenvalue weighted by molar-refractivity contribution is 7.46. The van der Waals surface area contributed by atoms with Gasteiger partial charge in [-0.05, 0) is 6.92 Å². The van der Waals surface area contributed by atoms with Crippen molar-refractivity contribution in [1.29, 1.82) is 0 Å². The molecule has 0 radical (unpaired) electrons. The Morgan fingerprint density at radius 1 is 1.50 bits per heavy atom. The van der Waals surface area contributed by atoms with E-state index in [9.17, 15) is 9.36 Å². The molecule has 12 heavy (non-hydrogen) atoms. The molecule has 0 saturated heterocycles. The SMILES string of the molecule is C=C(C)C(=O)O.O=P(O)(O)OO. The summed E-state index contributed by atoms with van der Waals surface area (Å²) in [6, 6.07) is 0. The van der Waals surface area contributed by atoms with Gasteiger partial charge in [0.2, 0.25) is 0 Å². The van der Waals surface area contributed by atoms with Crippen LogP contribution in [-0.2, 0) is 14.0 Å². The van der Waals surface area contributed by atoms with Crippen molar-refractivity contribution >= 4 is 13.8 Å². The third-order valence-corrected chi connectivity index (χ3v) is 0.684. The number of hydrogen-bond donors (Lipinski definition) is 4. The summed E-state index contributed by atoms with van der Waals surface area (Å²) in [7, 11) is -4.59. The van der Waals surface area contributed by atoms with Gasteiger partial charge in [-0.25, -0.2) is 14.6 Å². The van der Waals surface area contributed by atoms with E-state index < -0.39 is 13.8 Å². The van der Waals surface area contributed by atoms with Crippen molar-refractivity contribution in [2.24, 2.45) is 0 Å². The molecule has 0 spiro atoms. The molecule has 4 N–H and O–H groups in total. The summed E-state index contributed by atoms with van der Waals surface area (Å²) < 4.78 is 11.8. The van der Waals surface area contributed by atoms with Crippen molar-refractivity contribution in [2.45, 2.75) is 6.92 Å². The van der Waals surface area contributed by atoms with Gasteiger partial charge < -0.3 is 14.9 Å². The van der Waals surface area contributed by atoms with Crippen molar-refractivity contribution in [3.63, 3.8) is 0 Å². The molecule has 0 saturated carbocycles. The Morgan fingerprint density at radius 3 is 1.67 bits per heavy atom. The minimum absolute atomic E-state index is 0.176. The minimum Gasteiger partial charge on any atom is -0.478 e. The van der Waals surface area contributed by atoms with Crippen molar-refractivity contribution in [3.05, 3.63) is 12.2 Å². The molecule has 0 aromatic heterocycles. The van der Waals surface area contributed by atoms with Gasteiger partial charge in [0.15, 0.2) is 0 Å². The van der Waals surface area contributed by atoms with Crippen LogP contribution in [0, 0.1) is 0 Å². The highest BCUT2D eigenvalue weighted by Crippen LogP contribution is 2.33. The molecular formula is C4H9O7P. The van der Waals surface area contributed by atoms with Crippen molar-refractivity contribution < 1.29 is 34.2 Å². The highest BCUT2D eigenvalue weighted by atomic mass is 31.2. The standard InChI is InChI=1S/C4H6O2.H3O5P/c1-3(2)4(5)6;1-5-6(2,3)4/h1H2,2H3,(H,5,6);1H,(H2,2,3,4). The van der Waals surface area contributed by atoms with Crippen LogP contribution in [0.4, 0.5) is 0 Å². The van der Waals surface area contributed by atoms with Gasteiger partial charge in [0.1, 0.15) is 0 Å². The Hall–Kier alpha value is -0.720. The van der Waals surface area contributed by atoms with Crippen LogP contribution in [0.1, 0.15) is 6.92 Å². The first kappa shape index (κ1) is 13.8. The van der Waals surface area contributed by atoms with Crippen LogP contribution < -0.4 is 0 Å². The predicted octanol–water partition coefficient (Wildman–Crippen LogP) is 0.216. The number of hydrogen-bond acceptors (Lipinski definition) is 4. The normalized spacial score (nSPS) is 9.67. The quantitative estimate of drug-likeness (QED) is 0.217. The second kappa shape index (κ2) is 5.87. The summed E-state index contributed by atoms with van der Waals surface area (Å²) in [6.07, 6.45) is 0. The zero-order valence-corrected chi connectivity index (χ0v) is 7.06. The first-order valence-electron chi connectivity index (χ1n) is 2.48. The Balaban J connectivity index is 0. The lowest BCUT2D eigenvalue weighted by atomic mass is 10.4. The average molecular weight is 200 g/mol. The molecule has 0 aliphatic heterocycles. The van der Waals surface area contributed by atoms with E-state index in [1.165, 1.54) is 6.92 Å². The smallest absolute Gasteiger partial charge is 0.478 e. The molecule has 0 atom stereocenters. The number of carbonyl (C=O) groups is 1. The Bertz CT molecular complexity index is 191.